The first-order valence-electron chi connectivity index (χ1n) is 7.66. The number of carbonyl (C=O) groups is 1. The Hall–Kier alpha value is -3.08. The number of carbonyl (C=O) groups excluding carboxylic acids is 1. The molecule has 0 atom stereocenters. The Morgan fingerprint density at radius 1 is 1.08 bits per heavy atom. The predicted octanol–water partition coefficient (Wildman–Crippen LogP) is 4.26. The number of ether oxygens (including phenoxy) is 1. The Morgan fingerprint density at radius 2 is 1.79 bits per heavy atom. The van der Waals surface area contributed by atoms with E-state index >= 15 is 0 Å². The minimum atomic E-state index is -0.182. The van der Waals surface area contributed by atoms with Crippen molar-refractivity contribution in [3.05, 3.63) is 71.9 Å². The van der Waals surface area contributed by atoms with Crippen LogP contribution in [0.25, 0.3) is 0 Å². The van der Waals surface area contributed by atoms with Crippen molar-refractivity contribution in [2.45, 2.75) is 20.3 Å². The van der Waals surface area contributed by atoms with Gasteiger partial charge in [0.15, 0.2) is 11.6 Å². The number of amides is 1. The number of nitrogens with one attached hydrogen (secondary N) is 1. The van der Waals surface area contributed by atoms with Crippen molar-refractivity contribution in [1.82, 2.24) is 4.98 Å². The Morgan fingerprint density at radius 3 is 2.50 bits per heavy atom. The third-order valence-corrected chi connectivity index (χ3v) is 3.45. The fourth-order valence-corrected chi connectivity index (χ4v) is 2.35. The van der Waals surface area contributed by atoms with Crippen molar-refractivity contribution >= 4 is 11.6 Å². The molecule has 0 spiro atoms. The SMILES string of the molecule is Cc1nc(C)c(CC(=O)Nc2ccccc2Oc2ccccc2)o1. The zero-order valence-electron chi connectivity index (χ0n) is 13.6. The molecule has 122 valence electrons. The molecule has 0 fully saturated rings. The number of nitrogens with zero attached hydrogens (tertiary/aromatic N) is 1. The summed E-state index contributed by atoms with van der Waals surface area (Å²) in [6, 6.07) is 16.7. The monoisotopic (exact) mass is 322 g/mol. The third kappa shape index (κ3) is 3.81. The first kappa shape index (κ1) is 15.8. The number of hydrogen-bond donors (Lipinski definition) is 1. The van der Waals surface area contributed by atoms with Crippen LogP contribution in [0.2, 0.25) is 0 Å². The molecule has 0 radical (unpaired) electrons. The normalized spacial score (nSPS) is 10.4. The molecule has 5 heteroatoms. The fraction of sp³-hybridized carbons (Fsp3) is 0.158. The van der Waals surface area contributed by atoms with Crippen LogP contribution in [-0.2, 0) is 11.2 Å². The first-order chi connectivity index (χ1) is 11.6. The second-order valence-electron chi connectivity index (χ2n) is 5.38. The summed E-state index contributed by atoms with van der Waals surface area (Å²) in [5, 5.41) is 2.86. The Labute approximate surface area is 140 Å². The smallest absolute Gasteiger partial charge is 0.232 e. The molecule has 0 aliphatic carbocycles. The molecule has 0 saturated heterocycles. The molecule has 0 aliphatic heterocycles. The lowest BCUT2D eigenvalue weighted by Gasteiger charge is -2.12. The first-order valence-corrected chi connectivity index (χ1v) is 7.66. The number of aryl methyl sites for hydroxylation is 2. The van der Waals surface area contributed by atoms with E-state index in [2.05, 4.69) is 10.3 Å². The summed E-state index contributed by atoms with van der Waals surface area (Å²) in [5.74, 6) is 2.25. The van der Waals surface area contributed by atoms with Crippen LogP contribution < -0.4 is 10.1 Å². The number of rotatable bonds is 5. The van der Waals surface area contributed by atoms with Crippen LogP contribution in [0.5, 0.6) is 11.5 Å². The van der Waals surface area contributed by atoms with Crippen LogP contribution >= 0.6 is 0 Å². The van der Waals surface area contributed by atoms with Crippen molar-refractivity contribution in [2.24, 2.45) is 0 Å². The lowest BCUT2D eigenvalue weighted by molar-refractivity contribution is -0.115. The number of hydrogen-bond acceptors (Lipinski definition) is 4. The Bertz CT molecular complexity index is 841. The molecule has 5 nitrogen and oxygen atoms in total. The van der Waals surface area contributed by atoms with Crippen LogP contribution in [0.3, 0.4) is 0 Å². The zero-order chi connectivity index (χ0) is 16.9. The molecule has 1 heterocycles. The van der Waals surface area contributed by atoms with Gasteiger partial charge in [0.05, 0.1) is 17.8 Å². The molecule has 1 amide bonds. The summed E-state index contributed by atoms with van der Waals surface area (Å²) < 4.78 is 11.3. The van der Waals surface area contributed by atoms with Crippen molar-refractivity contribution in [3.63, 3.8) is 0 Å². The predicted molar refractivity (Wildman–Crippen MR) is 91.3 cm³/mol. The van der Waals surface area contributed by atoms with Crippen LogP contribution in [-0.4, -0.2) is 10.9 Å². The van der Waals surface area contributed by atoms with Crippen LogP contribution in [0.4, 0.5) is 5.69 Å². The molecule has 0 saturated carbocycles. The van der Waals surface area contributed by atoms with E-state index in [1.54, 1.807) is 13.0 Å². The second-order valence-corrected chi connectivity index (χ2v) is 5.38. The molecule has 2 aromatic carbocycles. The van der Waals surface area contributed by atoms with Crippen molar-refractivity contribution in [1.29, 1.82) is 0 Å². The van der Waals surface area contributed by atoms with Gasteiger partial charge in [0.1, 0.15) is 11.5 Å². The number of para-hydroxylation sites is 3. The van der Waals surface area contributed by atoms with Crippen molar-refractivity contribution in [2.75, 3.05) is 5.32 Å². The summed E-state index contributed by atoms with van der Waals surface area (Å²) in [7, 11) is 0. The standard InChI is InChI=1S/C19H18N2O3/c1-13-18(23-14(2)20-13)12-19(22)21-16-10-6-7-11-17(16)24-15-8-4-3-5-9-15/h3-11H,12H2,1-2H3,(H,21,22). The summed E-state index contributed by atoms with van der Waals surface area (Å²) in [4.78, 5) is 16.5. The second kappa shape index (κ2) is 7.00. The van der Waals surface area contributed by atoms with Gasteiger partial charge in [0.2, 0.25) is 5.91 Å². The fourth-order valence-electron chi connectivity index (χ4n) is 2.35. The maximum Gasteiger partial charge on any atom is 0.232 e. The van der Waals surface area contributed by atoms with Gasteiger partial charge in [-0.15, -0.1) is 0 Å². The zero-order valence-corrected chi connectivity index (χ0v) is 13.6. The van der Waals surface area contributed by atoms with E-state index in [0.29, 0.717) is 28.8 Å². The largest absolute Gasteiger partial charge is 0.455 e. The van der Waals surface area contributed by atoms with Crippen LogP contribution in [0.1, 0.15) is 17.3 Å². The topological polar surface area (TPSA) is 64.4 Å². The molecule has 3 aromatic rings. The van der Waals surface area contributed by atoms with Crippen LogP contribution in [0, 0.1) is 13.8 Å². The van der Waals surface area contributed by atoms with Gasteiger partial charge in [-0.05, 0) is 31.2 Å². The van der Waals surface area contributed by atoms with Crippen molar-refractivity contribution in [3.8, 4) is 11.5 Å². The van der Waals surface area contributed by atoms with Gasteiger partial charge in [0, 0.05) is 6.92 Å². The van der Waals surface area contributed by atoms with E-state index in [9.17, 15) is 4.79 Å². The van der Waals surface area contributed by atoms with Gasteiger partial charge in [-0.3, -0.25) is 4.79 Å². The van der Waals surface area contributed by atoms with E-state index in [1.165, 1.54) is 0 Å². The van der Waals surface area contributed by atoms with Crippen molar-refractivity contribution < 1.29 is 13.9 Å². The molecule has 24 heavy (non-hydrogen) atoms. The van der Waals surface area contributed by atoms with E-state index < -0.39 is 0 Å². The minimum Gasteiger partial charge on any atom is -0.455 e. The van der Waals surface area contributed by atoms with Gasteiger partial charge in [-0.2, -0.15) is 0 Å². The van der Waals surface area contributed by atoms with E-state index in [1.807, 2.05) is 55.5 Å². The molecule has 1 aromatic heterocycles. The van der Waals surface area contributed by atoms with Gasteiger partial charge < -0.3 is 14.5 Å². The number of anilines is 1. The summed E-state index contributed by atoms with van der Waals surface area (Å²) >= 11 is 0. The van der Waals surface area contributed by atoms with E-state index in [4.69, 9.17) is 9.15 Å². The van der Waals surface area contributed by atoms with Gasteiger partial charge in [-0.1, -0.05) is 30.3 Å². The highest BCUT2D eigenvalue weighted by Crippen LogP contribution is 2.29. The van der Waals surface area contributed by atoms with Gasteiger partial charge in [0.25, 0.3) is 0 Å². The van der Waals surface area contributed by atoms with E-state index in [-0.39, 0.29) is 12.3 Å². The highest BCUT2D eigenvalue weighted by atomic mass is 16.5. The summed E-state index contributed by atoms with van der Waals surface area (Å²) in [6.07, 6.45) is 0.131. The molecule has 0 unspecified atom stereocenters. The van der Waals surface area contributed by atoms with Gasteiger partial charge in [-0.25, -0.2) is 4.98 Å². The summed E-state index contributed by atoms with van der Waals surface area (Å²) in [6.45, 7) is 3.59. The Kier molecular flexibility index (Phi) is 4.61. The average Bonchev–Trinajstić information content (AvgIpc) is 2.87. The molecule has 1 N–H and O–H groups in total. The Balaban J connectivity index is 1.73. The maximum atomic E-state index is 12.3. The highest BCUT2D eigenvalue weighted by molar-refractivity contribution is 5.93. The third-order valence-electron chi connectivity index (χ3n) is 3.45. The molecular weight excluding hydrogens is 304 g/mol. The highest BCUT2D eigenvalue weighted by Gasteiger charge is 2.14. The molecular formula is C19H18N2O3. The number of aromatic nitrogens is 1. The summed E-state index contributed by atoms with van der Waals surface area (Å²) in [5.41, 5.74) is 1.34. The number of oxazole rings is 1. The maximum absolute atomic E-state index is 12.3. The quantitative estimate of drug-likeness (QED) is 0.762. The lowest BCUT2D eigenvalue weighted by Crippen LogP contribution is -2.15. The van der Waals surface area contributed by atoms with Gasteiger partial charge >= 0.3 is 0 Å². The average molecular weight is 322 g/mol. The molecule has 0 aliphatic rings. The van der Waals surface area contributed by atoms with E-state index in [0.717, 1.165) is 5.69 Å². The lowest BCUT2D eigenvalue weighted by atomic mass is 10.2. The molecule has 0 bridgehead atoms. The minimum absolute atomic E-state index is 0.131. The molecule has 3 rings (SSSR count). The number of benzene rings is 2. The van der Waals surface area contributed by atoms with Crippen LogP contribution in [0.15, 0.2) is 59.0 Å².